The molecular formula is C21H32N2O3S. The second-order valence-electron chi connectivity index (χ2n) is 7.63. The molecule has 3 heterocycles. The summed E-state index contributed by atoms with van der Waals surface area (Å²) in [6.07, 6.45) is 11.2. The lowest BCUT2D eigenvalue weighted by Gasteiger charge is -2.43. The first-order valence-electron chi connectivity index (χ1n) is 10.4. The summed E-state index contributed by atoms with van der Waals surface area (Å²) in [4.78, 5) is 29.1. The fourth-order valence-electron chi connectivity index (χ4n) is 4.16. The van der Waals surface area contributed by atoms with Crippen molar-refractivity contribution in [3.05, 3.63) is 24.2 Å². The van der Waals surface area contributed by atoms with E-state index in [2.05, 4.69) is 6.92 Å². The van der Waals surface area contributed by atoms with E-state index in [9.17, 15) is 9.59 Å². The van der Waals surface area contributed by atoms with Gasteiger partial charge in [-0.2, -0.15) is 0 Å². The van der Waals surface area contributed by atoms with Crippen molar-refractivity contribution in [2.24, 2.45) is 0 Å². The number of amides is 2. The monoisotopic (exact) mass is 392 g/mol. The highest BCUT2D eigenvalue weighted by Crippen LogP contribution is 2.44. The second-order valence-corrected chi connectivity index (χ2v) is 9.08. The van der Waals surface area contributed by atoms with Crippen molar-refractivity contribution in [1.82, 2.24) is 9.80 Å². The lowest BCUT2D eigenvalue weighted by Crippen LogP contribution is -2.53. The number of piperidine rings is 1. The number of furan rings is 1. The van der Waals surface area contributed by atoms with Gasteiger partial charge in [-0.15, -0.1) is 11.8 Å². The summed E-state index contributed by atoms with van der Waals surface area (Å²) >= 11 is 1.87. The van der Waals surface area contributed by atoms with Crippen LogP contribution in [0.3, 0.4) is 0 Å². The fourth-order valence-corrected chi connectivity index (χ4v) is 5.62. The van der Waals surface area contributed by atoms with E-state index < -0.39 is 0 Å². The van der Waals surface area contributed by atoms with Gasteiger partial charge in [0.2, 0.25) is 5.91 Å². The van der Waals surface area contributed by atoms with E-state index >= 15 is 0 Å². The highest BCUT2D eigenvalue weighted by molar-refractivity contribution is 8.00. The van der Waals surface area contributed by atoms with Gasteiger partial charge in [-0.05, 0) is 31.4 Å². The molecule has 2 aliphatic rings. The summed E-state index contributed by atoms with van der Waals surface area (Å²) in [6.45, 7) is 4.49. The van der Waals surface area contributed by atoms with E-state index in [0.29, 0.717) is 12.2 Å². The van der Waals surface area contributed by atoms with E-state index in [0.717, 1.165) is 51.1 Å². The molecule has 0 bridgehead atoms. The van der Waals surface area contributed by atoms with Crippen molar-refractivity contribution >= 4 is 23.6 Å². The van der Waals surface area contributed by atoms with E-state index in [1.807, 2.05) is 21.6 Å². The van der Waals surface area contributed by atoms with E-state index in [4.69, 9.17) is 4.42 Å². The van der Waals surface area contributed by atoms with Crippen molar-refractivity contribution in [2.45, 2.75) is 69.6 Å². The third-order valence-corrected chi connectivity index (χ3v) is 7.35. The molecule has 1 aromatic heterocycles. The Morgan fingerprint density at radius 1 is 1.11 bits per heavy atom. The maximum Gasteiger partial charge on any atom is 0.290 e. The van der Waals surface area contributed by atoms with Gasteiger partial charge < -0.3 is 14.2 Å². The number of thioether (sulfide) groups is 1. The van der Waals surface area contributed by atoms with Gasteiger partial charge in [0.15, 0.2) is 5.76 Å². The van der Waals surface area contributed by atoms with E-state index in [-0.39, 0.29) is 16.7 Å². The van der Waals surface area contributed by atoms with Crippen LogP contribution >= 0.6 is 11.8 Å². The van der Waals surface area contributed by atoms with Crippen LogP contribution < -0.4 is 0 Å². The first-order valence-corrected chi connectivity index (χ1v) is 11.4. The van der Waals surface area contributed by atoms with Gasteiger partial charge in [-0.3, -0.25) is 9.59 Å². The van der Waals surface area contributed by atoms with Gasteiger partial charge in [0, 0.05) is 31.8 Å². The van der Waals surface area contributed by atoms with Gasteiger partial charge in [0.25, 0.3) is 5.91 Å². The minimum absolute atomic E-state index is 0.0168. The molecule has 3 rings (SSSR count). The average molecular weight is 393 g/mol. The third-order valence-electron chi connectivity index (χ3n) is 5.80. The first kappa shape index (κ1) is 20.3. The summed E-state index contributed by atoms with van der Waals surface area (Å²) in [5, 5.41) is 0. The topological polar surface area (TPSA) is 53.8 Å². The number of carbonyl (C=O) groups excluding carboxylic acids is 2. The van der Waals surface area contributed by atoms with Gasteiger partial charge in [0.1, 0.15) is 0 Å². The lowest BCUT2D eigenvalue weighted by molar-refractivity contribution is -0.132. The Morgan fingerprint density at radius 2 is 1.85 bits per heavy atom. The highest BCUT2D eigenvalue weighted by Gasteiger charge is 2.47. The molecule has 5 nitrogen and oxygen atoms in total. The van der Waals surface area contributed by atoms with Crippen LogP contribution in [0.25, 0.3) is 0 Å². The molecule has 0 N–H and O–H groups in total. The van der Waals surface area contributed by atoms with Crippen molar-refractivity contribution in [1.29, 1.82) is 0 Å². The Balaban J connectivity index is 1.46. The maximum absolute atomic E-state index is 12.8. The van der Waals surface area contributed by atoms with Gasteiger partial charge >= 0.3 is 0 Å². The van der Waals surface area contributed by atoms with Gasteiger partial charge in [-0.1, -0.05) is 39.0 Å². The molecule has 1 spiro atoms. The number of nitrogens with zero attached hydrogens (tertiary/aromatic N) is 2. The van der Waals surface area contributed by atoms with Crippen molar-refractivity contribution in [3.63, 3.8) is 0 Å². The molecule has 0 atom stereocenters. The largest absolute Gasteiger partial charge is 0.459 e. The van der Waals surface area contributed by atoms with E-state index in [1.165, 1.54) is 25.7 Å². The van der Waals surface area contributed by atoms with Crippen molar-refractivity contribution in [2.75, 3.05) is 25.4 Å². The summed E-state index contributed by atoms with van der Waals surface area (Å²) in [5.41, 5.74) is 0. The first-order chi connectivity index (χ1) is 13.2. The molecule has 2 fully saturated rings. The maximum atomic E-state index is 12.8. The van der Waals surface area contributed by atoms with E-state index in [1.54, 1.807) is 18.4 Å². The minimum atomic E-state index is -0.166. The number of carbonyl (C=O) groups is 2. The summed E-state index contributed by atoms with van der Waals surface area (Å²) in [5.74, 6) is 1.64. The zero-order valence-corrected chi connectivity index (χ0v) is 17.3. The van der Waals surface area contributed by atoms with Gasteiger partial charge in [-0.25, -0.2) is 0 Å². The minimum Gasteiger partial charge on any atom is -0.459 e. The van der Waals surface area contributed by atoms with Crippen LogP contribution in [0.15, 0.2) is 22.8 Å². The quantitative estimate of drug-likeness (QED) is 0.610. The normalized spacial score (nSPS) is 19.0. The predicted octanol–water partition coefficient (Wildman–Crippen LogP) is 4.54. The van der Waals surface area contributed by atoms with Crippen LogP contribution in [0.1, 0.15) is 75.3 Å². The Hall–Kier alpha value is -1.43. The molecule has 150 valence electrons. The summed E-state index contributed by atoms with van der Waals surface area (Å²) in [6, 6.07) is 3.49. The molecule has 0 radical (unpaired) electrons. The second kappa shape index (κ2) is 9.67. The van der Waals surface area contributed by atoms with Crippen LogP contribution in [0.2, 0.25) is 0 Å². The zero-order valence-electron chi connectivity index (χ0n) is 16.5. The van der Waals surface area contributed by atoms with Crippen molar-refractivity contribution < 1.29 is 14.0 Å². The predicted molar refractivity (Wildman–Crippen MR) is 109 cm³/mol. The molecule has 0 unspecified atom stereocenters. The highest BCUT2D eigenvalue weighted by atomic mass is 32.2. The number of hydrogen-bond acceptors (Lipinski definition) is 4. The molecule has 27 heavy (non-hydrogen) atoms. The molecule has 6 heteroatoms. The standard InChI is InChI=1S/C21H32N2O3S/c1-2-3-4-5-6-7-10-19(24)22-13-11-21(12-14-22)23(15-17-27-21)20(25)18-9-8-16-26-18/h8-9,16H,2-7,10-15,17H2,1H3. The van der Waals surface area contributed by atoms with Crippen LogP contribution in [0.5, 0.6) is 0 Å². The number of rotatable bonds is 8. The molecular weight excluding hydrogens is 360 g/mol. The van der Waals surface area contributed by atoms with Crippen LogP contribution in [-0.2, 0) is 4.79 Å². The number of unbranched alkanes of at least 4 members (excludes halogenated alkanes) is 5. The Labute approximate surface area is 166 Å². The van der Waals surface area contributed by atoms with Crippen LogP contribution in [-0.4, -0.2) is 51.9 Å². The number of likely N-dealkylation sites (tertiary alicyclic amines) is 1. The molecule has 1 aromatic rings. The van der Waals surface area contributed by atoms with Gasteiger partial charge in [0.05, 0.1) is 11.1 Å². The summed E-state index contributed by atoms with van der Waals surface area (Å²) < 4.78 is 5.32. The molecule has 0 aromatic carbocycles. The SMILES string of the molecule is CCCCCCCCC(=O)N1CCC2(CC1)SCCN2C(=O)c1ccco1. The molecule has 2 aliphatic heterocycles. The molecule has 0 aliphatic carbocycles. The number of hydrogen-bond donors (Lipinski definition) is 0. The Kier molecular flexibility index (Phi) is 7.27. The summed E-state index contributed by atoms with van der Waals surface area (Å²) in [7, 11) is 0. The molecule has 2 saturated heterocycles. The Morgan fingerprint density at radius 3 is 2.56 bits per heavy atom. The Bertz CT molecular complexity index is 609. The fraction of sp³-hybridized carbons (Fsp3) is 0.714. The lowest BCUT2D eigenvalue weighted by atomic mass is 10.0. The zero-order chi connectivity index (χ0) is 19.1. The van der Waals surface area contributed by atoms with Crippen molar-refractivity contribution in [3.8, 4) is 0 Å². The molecule has 0 saturated carbocycles. The third kappa shape index (κ3) is 4.89. The van der Waals surface area contributed by atoms with Crippen LogP contribution in [0, 0.1) is 0 Å². The smallest absolute Gasteiger partial charge is 0.290 e. The average Bonchev–Trinajstić information content (AvgIpc) is 3.35. The molecule has 2 amide bonds. The van der Waals surface area contributed by atoms with Crippen LogP contribution in [0.4, 0.5) is 0 Å².